The molecule has 2 heteroatoms. The van der Waals surface area contributed by atoms with Gasteiger partial charge < -0.3 is 5.21 Å². The number of fused-ring (bicyclic) bond motifs is 1. The fraction of sp³-hybridized carbons (Fsp3) is 0.571. The van der Waals surface area contributed by atoms with Gasteiger partial charge in [-0.1, -0.05) is 17.3 Å². The smallest absolute Gasteiger partial charge is 0.0616 e. The molecule has 0 aromatic heterocycles. The molecule has 0 spiro atoms. The summed E-state index contributed by atoms with van der Waals surface area (Å²) in [7, 11) is 0. The molecule has 0 heterocycles. The lowest BCUT2D eigenvalue weighted by Crippen LogP contribution is -2.32. The maximum Gasteiger partial charge on any atom is 0.0616 e. The molecular weight excluding hydrogens is 114 g/mol. The molecule has 1 fully saturated rings. The monoisotopic (exact) mass is 123 g/mol. The first kappa shape index (κ1) is 5.03. The van der Waals surface area contributed by atoms with E-state index in [1.807, 2.05) is 0 Å². The maximum atomic E-state index is 8.39. The van der Waals surface area contributed by atoms with Gasteiger partial charge in [-0.15, -0.1) is 0 Å². The van der Waals surface area contributed by atoms with E-state index in [2.05, 4.69) is 17.3 Å². The van der Waals surface area contributed by atoms with Crippen LogP contribution in [-0.2, 0) is 0 Å². The van der Waals surface area contributed by atoms with Crippen LogP contribution >= 0.6 is 0 Å². The van der Waals surface area contributed by atoms with Gasteiger partial charge in [0.1, 0.15) is 0 Å². The highest BCUT2D eigenvalue weighted by Gasteiger charge is 2.38. The van der Waals surface area contributed by atoms with Crippen LogP contribution in [0.2, 0.25) is 0 Å². The Labute approximate surface area is 53.9 Å². The highest BCUT2D eigenvalue weighted by molar-refractivity contribution is 5.93. The van der Waals surface area contributed by atoms with Crippen LogP contribution < -0.4 is 0 Å². The second-order valence-corrected chi connectivity index (χ2v) is 2.73. The Morgan fingerprint density at radius 2 is 2.56 bits per heavy atom. The number of hydrogen-bond donors (Lipinski definition) is 1. The first-order valence-corrected chi connectivity index (χ1v) is 3.29. The average molecular weight is 123 g/mol. The summed E-state index contributed by atoms with van der Waals surface area (Å²) in [5.41, 5.74) is 0.991. The van der Waals surface area contributed by atoms with E-state index in [-0.39, 0.29) is 0 Å². The zero-order valence-corrected chi connectivity index (χ0v) is 5.12. The second kappa shape index (κ2) is 1.59. The fourth-order valence-corrected chi connectivity index (χ4v) is 1.65. The summed E-state index contributed by atoms with van der Waals surface area (Å²) in [6.07, 6.45) is 6.47. The van der Waals surface area contributed by atoms with Crippen LogP contribution in [0.25, 0.3) is 0 Å². The molecule has 0 amide bonds. The molecule has 2 atom stereocenters. The Balaban J connectivity index is 2.13. The summed E-state index contributed by atoms with van der Waals surface area (Å²) < 4.78 is 0. The first-order valence-electron chi connectivity index (χ1n) is 3.29. The van der Waals surface area contributed by atoms with Gasteiger partial charge in [0.05, 0.1) is 5.71 Å². The minimum Gasteiger partial charge on any atom is -0.411 e. The largest absolute Gasteiger partial charge is 0.411 e. The van der Waals surface area contributed by atoms with Gasteiger partial charge in [-0.2, -0.15) is 0 Å². The fourth-order valence-electron chi connectivity index (χ4n) is 1.65. The molecule has 0 radical (unpaired) electrons. The zero-order chi connectivity index (χ0) is 6.27. The molecule has 0 saturated heterocycles. The van der Waals surface area contributed by atoms with E-state index < -0.39 is 0 Å². The van der Waals surface area contributed by atoms with Gasteiger partial charge in [0.15, 0.2) is 0 Å². The van der Waals surface area contributed by atoms with Gasteiger partial charge in [0.2, 0.25) is 0 Å². The number of allylic oxidation sites excluding steroid dienone is 2. The number of rotatable bonds is 0. The van der Waals surface area contributed by atoms with Crippen molar-refractivity contribution in [1.29, 1.82) is 0 Å². The summed E-state index contributed by atoms with van der Waals surface area (Å²) in [5, 5.41) is 11.6. The van der Waals surface area contributed by atoms with Crippen molar-refractivity contribution in [2.45, 2.75) is 12.8 Å². The topological polar surface area (TPSA) is 32.6 Å². The molecule has 0 bridgehead atoms. The van der Waals surface area contributed by atoms with E-state index in [0.29, 0.717) is 11.8 Å². The molecule has 1 N–H and O–H groups in total. The Morgan fingerprint density at radius 3 is 3.22 bits per heavy atom. The van der Waals surface area contributed by atoms with Crippen LogP contribution in [0, 0.1) is 11.8 Å². The Bertz CT molecular complexity index is 183. The summed E-state index contributed by atoms with van der Waals surface area (Å²) in [6, 6.07) is 0. The average Bonchev–Trinajstić information content (AvgIpc) is 2.14. The van der Waals surface area contributed by atoms with Crippen LogP contribution in [0.15, 0.2) is 17.3 Å². The highest BCUT2D eigenvalue weighted by atomic mass is 16.4. The summed E-state index contributed by atoms with van der Waals surface area (Å²) in [6.45, 7) is 0. The second-order valence-electron chi connectivity index (χ2n) is 2.73. The van der Waals surface area contributed by atoms with Crippen molar-refractivity contribution in [3.8, 4) is 0 Å². The van der Waals surface area contributed by atoms with Gasteiger partial charge in [-0.25, -0.2) is 0 Å². The molecule has 0 aliphatic heterocycles. The molecule has 2 nitrogen and oxygen atoms in total. The van der Waals surface area contributed by atoms with Crippen molar-refractivity contribution in [3.05, 3.63) is 12.2 Å². The van der Waals surface area contributed by atoms with Gasteiger partial charge in [0.25, 0.3) is 0 Å². The SMILES string of the molecule is O/N=C1\C[C@@H]2C=CC[C@H]12. The number of oxime groups is 1. The van der Waals surface area contributed by atoms with Crippen molar-refractivity contribution < 1.29 is 5.21 Å². The molecule has 0 aromatic rings. The maximum absolute atomic E-state index is 8.39. The molecule has 48 valence electrons. The van der Waals surface area contributed by atoms with Gasteiger partial charge in [-0.05, 0) is 18.8 Å². The van der Waals surface area contributed by atoms with Crippen LogP contribution in [0.4, 0.5) is 0 Å². The lowest BCUT2D eigenvalue weighted by atomic mass is 9.74. The third-order valence-corrected chi connectivity index (χ3v) is 2.29. The van der Waals surface area contributed by atoms with Crippen LogP contribution in [-0.4, -0.2) is 10.9 Å². The highest BCUT2D eigenvalue weighted by Crippen LogP contribution is 2.39. The first-order chi connectivity index (χ1) is 4.42. The minimum absolute atomic E-state index is 0.565. The number of hydrogen-bond acceptors (Lipinski definition) is 2. The van der Waals surface area contributed by atoms with Crippen molar-refractivity contribution in [2.24, 2.45) is 17.0 Å². The minimum atomic E-state index is 0.565. The van der Waals surface area contributed by atoms with Crippen molar-refractivity contribution in [2.75, 3.05) is 0 Å². The Kier molecular flexibility index (Phi) is 0.891. The normalized spacial score (nSPS) is 42.9. The van der Waals surface area contributed by atoms with Gasteiger partial charge >= 0.3 is 0 Å². The third kappa shape index (κ3) is 0.530. The molecule has 2 rings (SSSR count). The standard InChI is InChI=1S/C7H9NO/c9-8-7-4-5-2-1-3-6(5)7/h1-2,5-6,9H,3-4H2/b8-7+/t5-,6-/m0/s1. The van der Waals surface area contributed by atoms with E-state index >= 15 is 0 Å². The van der Waals surface area contributed by atoms with Gasteiger partial charge in [0, 0.05) is 5.92 Å². The van der Waals surface area contributed by atoms with Crippen molar-refractivity contribution in [1.82, 2.24) is 0 Å². The Morgan fingerprint density at radius 1 is 1.67 bits per heavy atom. The van der Waals surface area contributed by atoms with Crippen molar-refractivity contribution >= 4 is 5.71 Å². The van der Waals surface area contributed by atoms with E-state index in [1.54, 1.807) is 0 Å². The predicted molar refractivity (Wildman–Crippen MR) is 34.6 cm³/mol. The van der Waals surface area contributed by atoms with Gasteiger partial charge in [-0.3, -0.25) is 0 Å². The summed E-state index contributed by atoms with van der Waals surface area (Å²) >= 11 is 0. The molecule has 0 aromatic carbocycles. The molecule has 2 aliphatic carbocycles. The quantitative estimate of drug-likeness (QED) is 0.295. The Hall–Kier alpha value is -0.790. The van der Waals surface area contributed by atoms with E-state index in [1.165, 1.54) is 0 Å². The molecule has 2 aliphatic rings. The van der Waals surface area contributed by atoms with E-state index in [4.69, 9.17) is 5.21 Å². The van der Waals surface area contributed by atoms with E-state index in [0.717, 1.165) is 18.6 Å². The third-order valence-electron chi connectivity index (χ3n) is 2.29. The summed E-state index contributed by atoms with van der Waals surface area (Å²) in [5.74, 6) is 1.27. The van der Waals surface area contributed by atoms with E-state index in [9.17, 15) is 0 Å². The lowest BCUT2D eigenvalue weighted by Gasteiger charge is -2.30. The molecule has 0 unspecified atom stereocenters. The summed E-state index contributed by atoms with van der Waals surface area (Å²) in [4.78, 5) is 0. The number of nitrogens with zero attached hydrogens (tertiary/aromatic N) is 1. The zero-order valence-electron chi connectivity index (χ0n) is 5.12. The van der Waals surface area contributed by atoms with Crippen LogP contribution in [0.5, 0.6) is 0 Å². The molecule has 9 heavy (non-hydrogen) atoms. The lowest BCUT2D eigenvalue weighted by molar-refractivity contribution is 0.298. The predicted octanol–water partition coefficient (Wildman–Crippen LogP) is 1.41. The van der Waals surface area contributed by atoms with Crippen LogP contribution in [0.3, 0.4) is 0 Å². The van der Waals surface area contributed by atoms with Crippen LogP contribution in [0.1, 0.15) is 12.8 Å². The molecule has 1 saturated carbocycles. The molecular formula is C7H9NO. The van der Waals surface area contributed by atoms with Crippen molar-refractivity contribution in [3.63, 3.8) is 0 Å².